The number of nitrogens with zero attached hydrogens (tertiary/aromatic N) is 2. The topological polar surface area (TPSA) is 105 Å². The van der Waals surface area contributed by atoms with Gasteiger partial charge in [-0.1, -0.05) is 98.4 Å². The minimum absolute atomic E-state index is 0.152. The van der Waals surface area contributed by atoms with Gasteiger partial charge in [0.15, 0.2) is 11.4 Å². The van der Waals surface area contributed by atoms with E-state index in [-0.39, 0.29) is 35.6 Å². The molecule has 17 rings (SSSR count). The fraction of sp³-hybridized carbons (Fsp3) is 0.621. The number of hydrogen-bond acceptors (Lipinski definition) is 8. The second kappa shape index (κ2) is 14.7. The summed E-state index contributed by atoms with van der Waals surface area (Å²) < 4.78 is 14.4. The van der Waals surface area contributed by atoms with E-state index >= 15 is 9.59 Å². The van der Waals surface area contributed by atoms with Crippen LogP contribution in [0.3, 0.4) is 0 Å². The number of aliphatic hydroxyl groups is 1. The van der Waals surface area contributed by atoms with Gasteiger partial charge in [-0.15, -0.1) is 0 Å². The highest BCUT2D eigenvalue weighted by molar-refractivity contribution is 6.00. The van der Waals surface area contributed by atoms with E-state index in [1.807, 2.05) is 0 Å². The maximum atomic E-state index is 16.2. The predicted octanol–water partition coefficient (Wildman–Crippen LogP) is 10.0. The van der Waals surface area contributed by atoms with E-state index in [4.69, 9.17) is 15.2 Å². The third-order valence-corrected chi connectivity index (χ3v) is 20.8. The van der Waals surface area contributed by atoms with Gasteiger partial charge in [-0.25, -0.2) is 4.79 Å². The number of allylic oxidation sites excluding steroid dienone is 3. The quantitative estimate of drug-likeness (QED) is 0.231. The fourth-order valence-electron chi connectivity index (χ4n) is 18.9. The highest BCUT2D eigenvalue weighted by Crippen LogP contribution is 2.87. The standard InChI is InChI=1S/C58H69N3O5/c1-33-24-39-19-20-45-41-27-36-30-60(32-41)46(37-13-3-2-4-14-37)29-47(62)53-56-22-21-42-44-28-40(49(33)51(42)52(39)61(45)31-36)26-35-12-7-11-34(25-35)10-5-6-18-48(57(44,56)55(64)65-53)58(56)43-17-8-15-38(16-9-23-59)50(43)54(63)66-58/h7-8,11-12,15,17,19-20,25,33,36-37,40-41,45-46,48-49,51,62H,2-6,9-10,13-14,16,18,21-24,26-32,59H2,1H3/b53-47+/t33-,36+,40+,41-,45+,46-,48+,49-,51+,56-,57+,58-/m1/s1. The summed E-state index contributed by atoms with van der Waals surface area (Å²) in [5, 5.41) is 13.4. The normalized spacial score (nSPS) is 42.7. The van der Waals surface area contributed by atoms with Crippen LogP contribution in [0.5, 0.6) is 0 Å². The molecule has 1 unspecified atom stereocenters. The van der Waals surface area contributed by atoms with Gasteiger partial charge in [0.25, 0.3) is 0 Å². The van der Waals surface area contributed by atoms with Crippen LogP contribution in [0, 0.1) is 58.2 Å². The molecule has 2 aromatic rings. The van der Waals surface area contributed by atoms with E-state index in [0.717, 1.165) is 88.5 Å². The lowest BCUT2D eigenvalue weighted by atomic mass is 9.28. The van der Waals surface area contributed by atoms with Crippen LogP contribution in [0.4, 0.5) is 0 Å². The first-order valence-corrected chi connectivity index (χ1v) is 26.7. The van der Waals surface area contributed by atoms with E-state index in [1.54, 1.807) is 5.70 Å². The monoisotopic (exact) mass is 888 g/mol. The molecule has 13 atom stereocenters. The van der Waals surface area contributed by atoms with E-state index in [9.17, 15) is 5.11 Å². The third kappa shape index (κ3) is 5.14. The Morgan fingerprint density at radius 1 is 0.879 bits per heavy atom. The molecule has 3 spiro atoms. The SMILES string of the molecule is C[C@@H]1CC2=C3[C@H]4C5=C6C[C@H](Cc7cccc(c7)CCCC[C@H]7[C@]68C(=O)O/C(=C(/O)C[C@H](C6CCCCC6)N6C[C@@H]9C[C@H](C6)[C@H](C=C2)N3C9)[C@@]8(CC5)[C@]72OC(=O)c3c(CCCN)cccc32)[C@H]41. The Morgan fingerprint density at radius 3 is 2.61 bits per heavy atom. The molecule has 15 aliphatic rings. The first kappa shape index (κ1) is 40.9. The first-order valence-electron chi connectivity index (χ1n) is 26.7. The van der Waals surface area contributed by atoms with Crippen molar-refractivity contribution in [2.45, 2.75) is 140 Å². The lowest BCUT2D eigenvalue weighted by molar-refractivity contribution is -0.279. The Kier molecular flexibility index (Phi) is 9.10. The number of piperidine rings is 2. The number of aliphatic hydroxyl groups excluding tert-OH is 1. The maximum Gasteiger partial charge on any atom is 0.339 e. The van der Waals surface area contributed by atoms with Crippen molar-refractivity contribution in [1.29, 1.82) is 0 Å². The van der Waals surface area contributed by atoms with Crippen molar-refractivity contribution in [2.24, 2.45) is 63.9 Å². The van der Waals surface area contributed by atoms with Crippen molar-refractivity contribution in [1.82, 2.24) is 9.80 Å². The number of rotatable bonds is 4. The first-order chi connectivity index (χ1) is 32.3. The van der Waals surface area contributed by atoms with Crippen LogP contribution >= 0.6 is 0 Å². The van der Waals surface area contributed by atoms with Crippen molar-refractivity contribution in [3.8, 4) is 0 Å². The second-order valence-electron chi connectivity index (χ2n) is 23.7. The molecule has 346 valence electrons. The molecule has 5 fully saturated rings. The molecule has 2 saturated carbocycles. The van der Waals surface area contributed by atoms with Gasteiger partial charge in [0.05, 0.1) is 17.0 Å². The Balaban J connectivity index is 1.07. The van der Waals surface area contributed by atoms with Gasteiger partial charge in [-0.05, 0) is 148 Å². The lowest BCUT2D eigenvalue weighted by Gasteiger charge is -2.72. The predicted molar refractivity (Wildman–Crippen MR) is 253 cm³/mol. The molecule has 0 radical (unpaired) electrons. The third-order valence-electron chi connectivity index (χ3n) is 20.8. The van der Waals surface area contributed by atoms with Gasteiger partial charge in [-0.2, -0.15) is 0 Å². The summed E-state index contributed by atoms with van der Waals surface area (Å²) in [5.74, 6) is 2.93. The molecule has 3 saturated heterocycles. The number of ether oxygens (including phenoxy) is 2. The zero-order chi connectivity index (χ0) is 44.3. The van der Waals surface area contributed by atoms with E-state index in [2.05, 4.69) is 71.3 Å². The molecule has 6 aliphatic carbocycles. The van der Waals surface area contributed by atoms with Crippen LogP contribution in [0.2, 0.25) is 0 Å². The van der Waals surface area contributed by atoms with Gasteiger partial charge >= 0.3 is 11.9 Å². The minimum Gasteiger partial charge on any atom is -0.509 e. The van der Waals surface area contributed by atoms with Gasteiger partial charge in [-0.3, -0.25) is 9.69 Å². The number of carbonyl (C=O) groups is 2. The molecule has 9 heterocycles. The zero-order valence-electron chi connectivity index (χ0n) is 39.1. The Morgan fingerprint density at radius 2 is 1.73 bits per heavy atom. The molecule has 0 amide bonds. The number of hydrogen-bond donors (Lipinski definition) is 2. The molecule has 15 bridgehead atoms. The molecule has 8 heteroatoms. The summed E-state index contributed by atoms with van der Waals surface area (Å²) >= 11 is 0. The molecule has 3 N–H and O–H groups in total. The number of esters is 2. The van der Waals surface area contributed by atoms with Crippen LogP contribution in [0.15, 0.2) is 88.6 Å². The molecular formula is C58H69N3O5. The van der Waals surface area contributed by atoms with E-state index in [0.29, 0.717) is 78.7 Å². The van der Waals surface area contributed by atoms with Crippen molar-refractivity contribution < 1.29 is 24.2 Å². The van der Waals surface area contributed by atoms with Crippen LogP contribution in [0.25, 0.3) is 0 Å². The number of fused-ring (bicyclic) bond motifs is 7. The van der Waals surface area contributed by atoms with Gasteiger partial charge < -0.3 is 25.2 Å². The van der Waals surface area contributed by atoms with Crippen LogP contribution in [-0.4, -0.2) is 65.1 Å². The molecule has 0 aromatic heterocycles. The van der Waals surface area contributed by atoms with Crippen molar-refractivity contribution in [3.63, 3.8) is 0 Å². The van der Waals surface area contributed by atoms with Crippen LogP contribution < -0.4 is 5.73 Å². The second-order valence-corrected chi connectivity index (χ2v) is 23.7. The smallest absolute Gasteiger partial charge is 0.339 e. The number of aryl methyl sites for hydroxylation is 2. The molecule has 9 aliphatic heterocycles. The minimum atomic E-state index is -1.14. The summed E-state index contributed by atoms with van der Waals surface area (Å²) in [7, 11) is 0. The summed E-state index contributed by atoms with van der Waals surface area (Å²) in [5.41, 5.74) is 14.2. The van der Waals surface area contributed by atoms with E-state index < -0.39 is 16.4 Å². The Hall–Kier alpha value is -4.14. The van der Waals surface area contributed by atoms with Gasteiger partial charge in [0.2, 0.25) is 0 Å². The van der Waals surface area contributed by atoms with Crippen molar-refractivity contribution >= 4 is 11.9 Å². The summed E-state index contributed by atoms with van der Waals surface area (Å²) in [6, 6.07) is 16.3. The molecule has 66 heavy (non-hydrogen) atoms. The highest BCUT2D eigenvalue weighted by atomic mass is 16.6. The van der Waals surface area contributed by atoms with E-state index in [1.165, 1.54) is 66.4 Å². The number of benzene rings is 2. The summed E-state index contributed by atoms with van der Waals surface area (Å²) in [6.07, 6.45) is 22.4. The Bertz CT molecular complexity index is 2570. The van der Waals surface area contributed by atoms with Gasteiger partial charge in [0, 0.05) is 55.2 Å². The molecular weight excluding hydrogens is 819 g/mol. The number of nitrogens with two attached hydrogens (primary N) is 1. The van der Waals surface area contributed by atoms with Crippen molar-refractivity contribution in [3.05, 3.63) is 116 Å². The average molecular weight is 888 g/mol. The summed E-state index contributed by atoms with van der Waals surface area (Å²) in [6.45, 7) is 6.23. The molecule has 8 nitrogen and oxygen atoms in total. The summed E-state index contributed by atoms with van der Waals surface area (Å²) in [4.78, 5) is 37.0. The van der Waals surface area contributed by atoms with Crippen LogP contribution in [0.1, 0.15) is 136 Å². The van der Waals surface area contributed by atoms with Crippen molar-refractivity contribution in [2.75, 3.05) is 26.2 Å². The maximum absolute atomic E-state index is 16.2. The average Bonchev–Trinajstić information content (AvgIpc) is 3.78. The largest absolute Gasteiger partial charge is 0.509 e. The molecule has 2 aromatic carbocycles. The van der Waals surface area contributed by atoms with Crippen LogP contribution in [-0.2, 0) is 39.1 Å². The van der Waals surface area contributed by atoms with Gasteiger partial charge in [0.1, 0.15) is 11.2 Å². The number of carbonyl (C=O) groups excluding carboxylic acids is 2. The zero-order valence-corrected chi connectivity index (χ0v) is 39.1. The fourth-order valence-corrected chi connectivity index (χ4v) is 18.9. The Labute approximate surface area is 391 Å². The highest BCUT2D eigenvalue weighted by Gasteiger charge is 2.93. The lowest BCUT2D eigenvalue weighted by Crippen LogP contribution is -2.77.